The number of carbonyl (C=O) groups excluding carboxylic acids is 1. The molecule has 0 spiro atoms. The molecule has 100 valence electrons. The molecule has 1 heterocycles. The van der Waals surface area contributed by atoms with Crippen LogP contribution in [0.2, 0.25) is 0 Å². The van der Waals surface area contributed by atoms with Gasteiger partial charge in [-0.25, -0.2) is 9.78 Å². The van der Waals surface area contributed by atoms with Crippen LogP contribution in [-0.2, 0) is 11.8 Å². The van der Waals surface area contributed by atoms with E-state index < -0.39 is 5.97 Å². The number of nitrogens with one attached hydrogen (secondary N) is 1. The van der Waals surface area contributed by atoms with E-state index in [-0.39, 0.29) is 17.2 Å². The number of carbonyl (C=O) groups is 2. The minimum absolute atomic E-state index is 0.0803. The maximum Gasteiger partial charge on any atom is 0.335 e. The Hall–Kier alpha value is -2.02. The number of imidazole rings is 1. The molecule has 0 saturated carbocycles. The second-order valence-electron chi connectivity index (χ2n) is 3.92. The predicted molar refractivity (Wildman–Crippen MR) is 72.5 cm³/mol. The van der Waals surface area contributed by atoms with Crippen LogP contribution in [0.5, 0.6) is 0 Å². The molecule has 0 aliphatic heterocycles. The second-order valence-corrected chi connectivity index (χ2v) is 4.87. The van der Waals surface area contributed by atoms with Crippen molar-refractivity contribution >= 4 is 34.7 Å². The van der Waals surface area contributed by atoms with Crippen LogP contribution in [0.1, 0.15) is 10.4 Å². The Morgan fingerprint density at radius 2 is 2.21 bits per heavy atom. The molecule has 0 fully saturated rings. The molecule has 0 atom stereocenters. The van der Waals surface area contributed by atoms with E-state index in [0.717, 1.165) is 5.52 Å². The summed E-state index contributed by atoms with van der Waals surface area (Å²) in [6.07, 6.45) is 0. The highest BCUT2D eigenvalue weighted by Crippen LogP contribution is 2.23. The Morgan fingerprint density at radius 1 is 1.47 bits per heavy atom. The summed E-state index contributed by atoms with van der Waals surface area (Å²) in [6, 6.07) is 4.79. The molecule has 2 rings (SSSR count). The summed E-state index contributed by atoms with van der Waals surface area (Å²) in [5, 5.41) is 12.2. The zero-order valence-electron chi connectivity index (χ0n) is 10.5. The predicted octanol–water partition coefficient (Wildman–Crippen LogP) is 1.11. The van der Waals surface area contributed by atoms with Crippen LogP contribution in [-0.4, -0.2) is 39.3 Å². The fourth-order valence-corrected chi connectivity index (χ4v) is 2.50. The SMILES string of the molecule is CNC(=O)CSc1nc2cc(C(=O)O)ccc2n1C. The summed E-state index contributed by atoms with van der Waals surface area (Å²) in [4.78, 5) is 26.5. The molecule has 0 unspecified atom stereocenters. The Balaban J connectivity index is 2.33. The van der Waals surface area contributed by atoms with Gasteiger partial charge in [0.05, 0.1) is 22.3 Å². The number of hydrogen-bond acceptors (Lipinski definition) is 4. The summed E-state index contributed by atoms with van der Waals surface area (Å²) in [5.74, 6) is -0.783. The zero-order valence-corrected chi connectivity index (χ0v) is 11.3. The Bertz CT molecular complexity index is 651. The van der Waals surface area contributed by atoms with E-state index >= 15 is 0 Å². The van der Waals surface area contributed by atoms with Crippen molar-refractivity contribution in [3.05, 3.63) is 23.8 Å². The fraction of sp³-hybridized carbons (Fsp3) is 0.250. The minimum atomic E-state index is -0.980. The lowest BCUT2D eigenvalue weighted by atomic mass is 10.2. The van der Waals surface area contributed by atoms with Crippen LogP contribution in [0.25, 0.3) is 11.0 Å². The van der Waals surface area contributed by atoms with Gasteiger partial charge in [0.25, 0.3) is 0 Å². The van der Waals surface area contributed by atoms with Crippen LogP contribution in [0, 0.1) is 0 Å². The molecule has 6 nitrogen and oxygen atoms in total. The normalized spacial score (nSPS) is 10.6. The standard InChI is InChI=1S/C12H13N3O3S/c1-13-10(16)6-19-12-14-8-5-7(11(17)18)3-4-9(8)15(12)2/h3-5H,6H2,1-2H3,(H,13,16)(H,17,18). The van der Waals surface area contributed by atoms with Crippen LogP contribution in [0.3, 0.4) is 0 Å². The van der Waals surface area contributed by atoms with E-state index in [4.69, 9.17) is 5.11 Å². The van der Waals surface area contributed by atoms with E-state index in [1.54, 1.807) is 19.2 Å². The first kappa shape index (κ1) is 13.4. The van der Waals surface area contributed by atoms with Gasteiger partial charge in [0.1, 0.15) is 0 Å². The molecule has 0 radical (unpaired) electrons. The lowest BCUT2D eigenvalue weighted by Crippen LogP contribution is -2.19. The Morgan fingerprint density at radius 3 is 2.84 bits per heavy atom. The summed E-state index contributed by atoms with van der Waals surface area (Å²) >= 11 is 1.31. The van der Waals surface area contributed by atoms with Crippen molar-refractivity contribution in [3.8, 4) is 0 Å². The zero-order chi connectivity index (χ0) is 14.0. The lowest BCUT2D eigenvalue weighted by Gasteiger charge is -2.01. The fourth-order valence-electron chi connectivity index (χ4n) is 1.64. The third-order valence-electron chi connectivity index (χ3n) is 2.70. The van der Waals surface area contributed by atoms with Crippen LogP contribution < -0.4 is 5.32 Å². The smallest absolute Gasteiger partial charge is 0.335 e. The monoisotopic (exact) mass is 279 g/mol. The van der Waals surface area contributed by atoms with Crippen LogP contribution in [0.4, 0.5) is 0 Å². The van der Waals surface area contributed by atoms with E-state index in [1.807, 2.05) is 11.6 Å². The number of aryl methyl sites for hydroxylation is 1. The molecule has 0 saturated heterocycles. The Labute approximate surface area is 113 Å². The Kier molecular flexibility index (Phi) is 3.75. The number of thioether (sulfide) groups is 1. The van der Waals surface area contributed by atoms with E-state index in [9.17, 15) is 9.59 Å². The highest BCUT2D eigenvalue weighted by Gasteiger charge is 2.12. The maximum absolute atomic E-state index is 11.2. The van der Waals surface area contributed by atoms with Gasteiger partial charge in [-0.05, 0) is 18.2 Å². The number of benzene rings is 1. The number of aromatic carboxylic acids is 1. The van der Waals surface area contributed by atoms with Crippen molar-refractivity contribution in [2.45, 2.75) is 5.16 Å². The number of carboxylic acid groups (broad SMARTS) is 1. The number of nitrogens with zero attached hydrogens (tertiary/aromatic N) is 2. The van der Waals surface area contributed by atoms with Gasteiger partial charge in [0.15, 0.2) is 5.16 Å². The average Bonchev–Trinajstić information content (AvgIpc) is 2.72. The number of amides is 1. The quantitative estimate of drug-likeness (QED) is 0.819. The van der Waals surface area contributed by atoms with Gasteiger partial charge >= 0.3 is 5.97 Å². The number of carboxylic acids is 1. The van der Waals surface area contributed by atoms with Crippen molar-refractivity contribution in [2.75, 3.05) is 12.8 Å². The lowest BCUT2D eigenvalue weighted by molar-refractivity contribution is -0.118. The summed E-state index contributed by atoms with van der Waals surface area (Å²) in [6.45, 7) is 0. The first-order valence-corrected chi connectivity index (χ1v) is 6.54. The molecule has 1 aromatic carbocycles. The molecule has 7 heteroatoms. The topological polar surface area (TPSA) is 84.2 Å². The average molecular weight is 279 g/mol. The van der Waals surface area contributed by atoms with Gasteiger partial charge in [-0.1, -0.05) is 11.8 Å². The van der Waals surface area contributed by atoms with Crippen LogP contribution >= 0.6 is 11.8 Å². The first-order valence-electron chi connectivity index (χ1n) is 5.56. The molecular formula is C12H13N3O3S. The molecule has 1 amide bonds. The summed E-state index contributed by atoms with van der Waals surface area (Å²) in [7, 11) is 3.42. The van der Waals surface area contributed by atoms with Gasteiger partial charge in [-0.15, -0.1) is 0 Å². The second kappa shape index (κ2) is 5.31. The molecule has 2 N–H and O–H groups in total. The molecule has 0 aliphatic rings. The maximum atomic E-state index is 11.2. The molecule has 0 bridgehead atoms. The van der Waals surface area contributed by atoms with E-state index in [0.29, 0.717) is 10.7 Å². The van der Waals surface area contributed by atoms with Crippen molar-refractivity contribution in [1.82, 2.24) is 14.9 Å². The minimum Gasteiger partial charge on any atom is -0.478 e. The van der Waals surface area contributed by atoms with Crippen molar-refractivity contribution in [2.24, 2.45) is 7.05 Å². The molecular weight excluding hydrogens is 266 g/mol. The summed E-state index contributed by atoms with van der Waals surface area (Å²) < 4.78 is 1.84. The van der Waals surface area contributed by atoms with Gasteiger partial charge in [0, 0.05) is 14.1 Å². The number of rotatable bonds is 4. The van der Waals surface area contributed by atoms with Gasteiger partial charge < -0.3 is 15.0 Å². The third-order valence-corrected chi connectivity index (χ3v) is 3.73. The highest BCUT2D eigenvalue weighted by atomic mass is 32.2. The van der Waals surface area contributed by atoms with Crippen molar-refractivity contribution in [3.63, 3.8) is 0 Å². The van der Waals surface area contributed by atoms with Gasteiger partial charge in [-0.3, -0.25) is 4.79 Å². The molecule has 19 heavy (non-hydrogen) atoms. The summed E-state index contributed by atoms with van der Waals surface area (Å²) in [5.41, 5.74) is 1.65. The third kappa shape index (κ3) is 2.70. The number of fused-ring (bicyclic) bond motifs is 1. The molecule has 2 aromatic rings. The largest absolute Gasteiger partial charge is 0.478 e. The van der Waals surface area contributed by atoms with Gasteiger partial charge in [0.2, 0.25) is 5.91 Å². The highest BCUT2D eigenvalue weighted by molar-refractivity contribution is 7.99. The van der Waals surface area contributed by atoms with E-state index in [1.165, 1.54) is 17.8 Å². The van der Waals surface area contributed by atoms with Crippen molar-refractivity contribution in [1.29, 1.82) is 0 Å². The number of hydrogen-bond donors (Lipinski definition) is 2. The molecule has 1 aromatic heterocycles. The number of aromatic nitrogens is 2. The first-order chi connectivity index (χ1) is 9.02. The van der Waals surface area contributed by atoms with Gasteiger partial charge in [-0.2, -0.15) is 0 Å². The molecule has 0 aliphatic carbocycles. The van der Waals surface area contributed by atoms with Crippen molar-refractivity contribution < 1.29 is 14.7 Å². The van der Waals surface area contributed by atoms with Crippen LogP contribution in [0.15, 0.2) is 23.4 Å². The van der Waals surface area contributed by atoms with E-state index in [2.05, 4.69) is 10.3 Å².